The molecule has 0 spiro atoms. The predicted octanol–water partition coefficient (Wildman–Crippen LogP) is 2.28. The highest BCUT2D eigenvalue weighted by Gasteiger charge is 2.28. The molecule has 3 amide bonds. The van der Waals surface area contributed by atoms with Crippen LogP contribution in [0.2, 0.25) is 0 Å². The number of hydrogen-bond donors (Lipinski definition) is 3. The molecular formula is C17H23F2N3O4. The van der Waals surface area contributed by atoms with Gasteiger partial charge in [-0.15, -0.1) is 0 Å². The number of hydrogen-bond acceptors (Lipinski definition) is 4. The maximum atomic E-state index is 13.7. The number of carbonyl (C=O) groups excluding carboxylic acids is 3. The minimum Gasteiger partial charge on any atom is -0.443 e. The first-order valence-corrected chi connectivity index (χ1v) is 7.96. The van der Waals surface area contributed by atoms with Crippen LogP contribution in [0.15, 0.2) is 18.2 Å². The lowest BCUT2D eigenvalue weighted by molar-refractivity contribution is -0.125. The first-order valence-electron chi connectivity index (χ1n) is 7.96. The summed E-state index contributed by atoms with van der Waals surface area (Å²) in [5, 5.41) is 2.26. The molecule has 0 saturated carbocycles. The van der Waals surface area contributed by atoms with Crippen LogP contribution in [-0.4, -0.2) is 29.6 Å². The summed E-state index contributed by atoms with van der Waals surface area (Å²) in [5.74, 6) is -4.36. The molecule has 0 fully saturated rings. The van der Waals surface area contributed by atoms with Crippen LogP contribution >= 0.6 is 0 Å². The Kier molecular flexibility index (Phi) is 7.05. The normalized spacial score (nSPS) is 12.3. The van der Waals surface area contributed by atoms with Gasteiger partial charge >= 0.3 is 6.09 Å². The third-order valence-electron chi connectivity index (χ3n) is 3.11. The number of amides is 3. The zero-order valence-corrected chi connectivity index (χ0v) is 15.3. The van der Waals surface area contributed by atoms with E-state index in [0.717, 1.165) is 18.2 Å². The van der Waals surface area contributed by atoms with Gasteiger partial charge in [-0.25, -0.2) is 19.0 Å². The van der Waals surface area contributed by atoms with Crippen molar-refractivity contribution in [2.45, 2.75) is 46.3 Å². The lowest BCUT2D eigenvalue weighted by Crippen LogP contribution is -2.55. The number of carbonyl (C=O) groups is 3. The molecule has 0 aliphatic carbocycles. The smallest absolute Gasteiger partial charge is 0.426 e. The molecule has 0 aliphatic rings. The molecule has 0 aliphatic heterocycles. The van der Waals surface area contributed by atoms with Gasteiger partial charge in [0.2, 0.25) is 0 Å². The molecule has 0 unspecified atom stereocenters. The number of rotatable bonds is 4. The number of nitrogens with one attached hydrogen (secondary N) is 3. The predicted molar refractivity (Wildman–Crippen MR) is 90.0 cm³/mol. The van der Waals surface area contributed by atoms with Gasteiger partial charge in [-0.2, -0.15) is 0 Å². The maximum Gasteiger partial charge on any atom is 0.426 e. The van der Waals surface area contributed by atoms with Crippen molar-refractivity contribution in [3.63, 3.8) is 0 Å². The molecule has 0 aromatic heterocycles. The van der Waals surface area contributed by atoms with E-state index in [1.165, 1.54) is 0 Å². The van der Waals surface area contributed by atoms with Gasteiger partial charge in [0, 0.05) is 0 Å². The van der Waals surface area contributed by atoms with E-state index < -0.39 is 52.7 Å². The fraction of sp³-hybridized carbons (Fsp3) is 0.471. The highest BCUT2D eigenvalue weighted by Crippen LogP contribution is 2.13. The summed E-state index contributed by atoms with van der Waals surface area (Å²) in [6, 6.07) is 1.86. The Hall–Kier alpha value is -2.71. The van der Waals surface area contributed by atoms with E-state index in [-0.39, 0.29) is 0 Å². The lowest BCUT2D eigenvalue weighted by atomic mass is 10.0. The summed E-state index contributed by atoms with van der Waals surface area (Å²) >= 11 is 0. The quantitative estimate of drug-likeness (QED) is 0.708. The average molecular weight is 371 g/mol. The molecule has 7 nitrogen and oxygen atoms in total. The lowest BCUT2D eigenvalue weighted by Gasteiger charge is -2.23. The van der Waals surface area contributed by atoms with Crippen LogP contribution in [0.3, 0.4) is 0 Å². The van der Waals surface area contributed by atoms with Gasteiger partial charge in [-0.3, -0.25) is 15.0 Å². The van der Waals surface area contributed by atoms with Gasteiger partial charge in [0.05, 0.1) is 0 Å². The van der Waals surface area contributed by atoms with E-state index >= 15 is 0 Å². The summed E-state index contributed by atoms with van der Waals surface area (Å²) in [6.45, 7) is 8.18. The Balaban J connectivity index is 2.78. The average Bonchev–Trinajstić information content (AvgIpc) is 2.48. The fourth-order valence-corrected chi connectivity index (χ4v) is 1.96. The molecule has 1 rings (SSSR count). The van der Waals surface area contributed by atoms with Crippen LogP contribution in [0.4, 0.5) is 13.6 Å². The second kappa shape index (κ2) is 8.59. The first-order chi connectivity index (χ1) is 11.9. The standard InChI is InChI=1S/C17H23F2N3O4/c1-9(2)13(15(24)21-22-16(25)26-17(3,4)5)20-14(23)12-10(18)7-6-8-11(12)19/h6-9,13H,1-5H3,(H,20,23)(H,21,24)(H,22,25)/t13-/m0/s1. The van der Waals surface area contributed by atoms with E-state index in [4.69, 9.17) is 4.74 Å². The van der Waals surface area contributed by atoms with Gasteiger partial charge in [0.25, 0.3) is 11.8 Å². The molecular weight excluding hydrogens is 348 g/mol. The zero-order valence-electron chi connectivity index (χ0n) is 15.3. The van der Waals surface area contributed by atoms with Gasteiger partial charge in [-0.05, 0) is 38.8 Å². The number of benzene rings is 1. The zero-order chi connectivity index (χ0) is 20.1. The largest absolute Gasteiger partial charge is 0.443 e. The molecule has 1 atom stereocenters. The molecule has 1 aromatic carbocycles. The summed E-state index contributed by atoms with van der Waals surface area (Å²) in [6.07, 6.45) is -0.889. The van der Waals surface area contributed by atoms with Crippen LogP contribution in [0, 0.1) is 17.6 Å². The van der Waals surface area contributed by atoms with Crippen LogP contribution in [-0.2, 0) is 9.53 Å². The Morgan fingerprint density at radius 1 is 1.04 bits per heavy atom. The van der Waals surface area contributed by atoms with Crippen LogP contribution < -0.4 is 16.2 Å². The van der Waals surface area contributed by atoms with Crippen molar-refractivity contribution in [3.8, 4) is 0 Å². The Morgan fingerprint density at radius 2 is 1.58 bits per heavy atom. The first kappa shape index (κ1) is 21.3. The molecule has 0 saturated heterocycles. The Labute approximate surface area is 150 Å². The van der Waals surface area contributed by atoms with Crippen LogP contribution in [0.1, 0.15) is 45.0 Å². The van der Waals surface area contributed by atoms with Gasteiger partial charge in [0.15, 0.2) is 0 Å². The molecule has 3 N–H and O–H groups in total. The highest BCUT2D eigenvalue weighted by molar-refractivity contribution is 5.98. The molecule has 0 bridgehead atoms. The molecule has 0 radical (unpaired) electrons. The summed E-state index contributed by atoms with van der Waals surface area (Å²) in [5.41, 5.74) is 2.61. The Morgan fingerprint density at radius 3 is 2.04 bits per heavy atom. The monoisotopic (exact) mass is 371 g/mol. The third kappa shape index (κ3) is 6.30. The summed E-state index contributed by atoms with van der Waals surface area (Å²) in [7, 11) is 0. The van der Waals surface area contributed by atoms with Crippen molar-refractivity contribution in [1.82, 2.24) is 16.2 Å². The van der Waals surface area contributed by atoms with Gasteiger partial charge in [-0.1, -0.05) is 19.9 Å². The van der Waals surface area contributed by atoms with E-state index in [0.29, 0.717) is 0 Å². The fourth-order valence-electron chi connectivity index (χ4n) is 1.96. The van der Waals surface area contributed by atoms with Crippen molar-refractivity contribution in [2.24, 2.45) is 5.92 Å². The molecule has 1 aromatic rings. The van der Waals surface area contributed by atoms with E-state index in [1.54, 1.807) is 34.6 Å². The highest BCUT2D eigenvalue weighted by atomic mass is 19.1. The van der Waals surface area contributed by atoms with Gasteiger partial charge < -0.3 is 10.1 Å². The molecule has 26 heavy (non-hydrogen) atoms. The number of hydrazine groups is 1. The van der Waals surface area contributed by atoms with E-state index in [2.05, 4.69) is 10.7 Å². The van der Waals surface area contributed by atoms with Crippen molar-refractivity contribution in [1.29, 1.82) is 0 Å². The summed E-state index contributed by atoms with van der Waals surface area (Å²) < 4.78 is 32.3. The summed E-state index contributed by atoms with van der Waals surface area (Å²) in [4.78, 5) is 35.9. The van der Waals surface area contributed by atoms with E-state index in [1.807, 2.05) is 5.43 Å². The van der Waals surface area contributed by atoms with Crippen LogP contribution in [0.5, 0.6) is 0 Å². The number of halogens is 2. The van der Waals surface area contributed by atoms with E-state index in [9.17, 15) is 23.2 Å². The van der Waals surface area contributed by atoms with Crippen LogP contribution in [0.25, 0.3) is 0 Å². The SMILES string of the molecule is CC(C)[C@H](NC(=O)c1c(F)cccc1F)C(=O)NNC(=O)OC(C)(C)C. The van der Waals surface area contributed by atoms with Crippen molar-refractivity contribution in [2.75, 3.05) is 0 Å². The third-order valence-corrected chi connectivity index (χ3v) is 3.11. The molecule has 144 valence electrons. The minimum atomic E-state index is -1.14. The van der Waals surface area contributed by atoms with Crippen molar-refractivity contribution in [3.05, 3.63) is 35.4 Å². The molecule has 0 heterocycles. The second-order valence-corrected chi connectivity index (χ2v) is 6.91. The second-order valence-electron chi connectivity index (χ2n) is 6.91. The Bertz CT molecular complexity index is 667. The molecule has 9 heteroatoms. The minimum absolute atomic E-state index is 0.422. The van der Waals surface area contributed by atoms with Crippen molar-refractivity contribution < 1.29 is 27.9 Å². The topological polar surface area (TPSA) is 96.5 Å². The maximum absolute atomic E-state index is 13.7. The van der Waals surface area contributed by atoms with Gasteiger partial charge in [0.1, 0.15) is 28.8 Å². The number of ether oxygens (including phenoxy) is 1. The van der Waals surface area contributed by atoms with Crippen molar-refractivity contribution >= 4 is 17.9 Å².